The first-order valence-electron chi connectivity index (χ1n) is 11.5. The zero-order valence-corrected chi connectivity index (χ0v) is 21.5. The molecular weight excluding hydrogens is 512 g/mol. The number of fused-ring (bicyclic) bond motifs is 1. The molecule has 0 bridgehead atoms. The zero-order valence-electron chi connectivity index (χ0n) is 19.9. The zero-order chi connectivity index (χ0) is 25.8. The van der Waals surface area contributed by atoms with Gasteiger partial charge in [0.15, 0.2) is 0 Å². The van der Waals surface area contributed by atoms with E-state index < -0.39 is 16.1 Å². The molecule has 5 rings (SSSR count). The Bertz CT molecular complexity index is 1600. The molecule has 2 heterocycles. The molecule has 1 fully saturated rings. The molecule has 1 aliphatic rings. The summed E-state index contributed by atoms with van der Waals surface area (Å²) in [6, 6.07) is 20.4. The van der Waals surface area contributed by atoms with Crippen molar-refractivity contribution in [2.45, 2.75) is 6.10 Å². The van der Waals surface area contributed by atoms with E-state index in [-0.39, 0.29) is 6.54 Å². The molecule has 1 atom stereocenters. The molecule has 0 saturated carbocycles. The number of sulfonamides is 1. The molecule has 4 aromatic rings. The van der Waals surface area contributed by atoms with E-state index in [1.807, 2.05) is 54.6 Å². The lowest BCUT2D eigenvalue weighted by Crippen LogP contribution is -2.44. The number of halogens is 1. The second kappa shape index (κ2) is 10.7. The Kier molecular flexibility index (Phi) is 7.26. The van der Waals surface area contributed by atoms with Gasteiger partial charge in [-0.25, -0.2) is 18.4 Å². The number of ether oxygens (including phenoxy) is 2. The third-order valence-electron chi connectivity index (χ3n) is 5.68. The van der Waals surface area contributed by atoms with Crippen molar-refractivity contribution < 1.29 is 17.9 Å². The van der Waals surface area contributed by atoms with E-state index in [2.05, 4.69) is 27.1 Å². The van der Waals surface area contributed by atoms with Crippen LogP contribution in [0.3, 0.4) is 0 Å². The van der Waals surface area contributed by atoms with Crippen molar-refractivity contribution >= 4 is 44.0 Å². The fourth-order valence-electron chi connectivity index (χ4n) is 3.83. The van der Waals surface area contributed by atoms with Gasteiger partial charge in [-0.05, 0) is 48.5 Å². The highest BCUT2D eigenvalue weighted by molar-refractivity contribution is 7.88. The van der Waals surface area contributed by atoms with E-state index in [0.717, 1.165) is 22.2 Å². The fourth-order valence-corrected chi connectivity index (χ4v) is 4.86. The summed E-state index contributed by atoms with van der Waals surface area (Å²) >= 11 is 6.47. The molecule has 1 aliphatic heterocycles. The van der Waals surface area contributed by atoms with Crippen LogP contribution < -0.4 is 10.1 Å². The van der Waals surface area contributed by atoms with Gasteiger partial charge >= 0.3 is 0 Å². The highest BCUT2D eigenvalue weighted by Crippen LogP contribution is 2.33. The summed E-state index contributed by atoms with van der Waals surface area (Å²) < 4.78 is 36.6. The monoisotopic (exact) mass is 534 g/mol. The molecule has 37 heavy (non-hydrogen) atoms. The van der Waals surface area contributed by atoms with Gasteiger partial charge in [-0.2, -0.15) is 4.31 Å². The summed E-state index contributed by atoms with van der Waals surface area (Å²) in [6.45, 7) is 0.854. The Hall–Kier alpha value is -3.68. The number of morpholine rings is 1. The van der Waals surface area contributed by atoms with Crippen molar-refractivity contribution in [3.63, 3.8) is 0 Å². The Morgan fingerprint density at radius 3 is 2.73 bits per heavy atom. The number of nitrogens with zero attached hydrogens (tertiary/aromatic N) is 3. The summed E-state index contributed by atoms with van der Waals surface area (Å²) in [4.78, 5) is 8.75. The van der Waals surface area contributed by atoms with Crippen LogP contribution in [0.2, 0.25) is 5.02 Å². The highest BCUT2D eigenvalue weighted by Gasteiger charge is 2.25. The van der Waals surface area contributed by atoms with Crippen LogP contribution in [0.25, 0.3) is 10.9 Å². The summed E-state index contributed by atoms with van der Waals surface area (Å²) in [6.07, 6.45) is 2.18. The number of hydrogen-bond acceptors (Lipinski definition) is 7. The molecule has 1 N–H and O–H groups in total. The molecule has 1 saturated heterocycles. The number of aromatic nitrogens is 2. The van der Waals surface area contributed by atoms with Crippen LogP contribution in [0.1, 0.15) is 5.56 Å². The summed E-state index contributed by atoms with van der Waals surface area (Å²) in [5.41, 5.74) is 2.21. The van der Waals surface area contributed by atoms with Crippen LogP contribution in [0, 0.1) is 11.8 Å². The maximum absolute atomic E-state index is 11.8. The number of hydrogen-bond donors (Lipinski definition) is 1. The predicted molar refractivity (Wildman–Crippen MR) is 144 cm³/mol. The maximum atomic E-state index is 11.8. The van der Waals surface area contributed by atoms with Gasteiger partial charge in [0, 0.05) is 23.2 Å². The third-order valence-corrected chi connectivity index (χ3v) is 7.24. The van der Waals surface area contributed by atoms with E-state index in [4.69, 9.17) is 21.1 Å². The van der Waals surface area contributed by atoms with Gasteiger partial charge in [0.25, 0.3) is 0 Å². The SMILES string of the molecule is CS(=O)(=O)N1CCOC(C#Cc2ccc3ncnc(Nc4ccc(Oc5ccccc5)c(Cl)c4)c3c2)C1. The fraction of sp³-hybridized carbons (Fsp3) is 0.185. The minimum Gasteiger partial charge on any atom is -0.456 e. The molecule has 0 amide bonds. The van der Waals surface area contributed by atoms with Gasteiger partial charge in [0.05, 0.1) is 29.9 Å². The Balaban J connectivity index is 1.36. The molecule has 188 valence electrons. The van der Waals surface area contributed by atoms with E-state index in [1.165, 1.54) is 16.9 Å². The van der Waals surface area contributed by atoms with Crippen LogP contribution in [0.5, 0.6) is 11.5 Å². The number of nitrogens with one attached hydrogen (secondary N) is 1. The normalized spacial score (nSPS) is 16.1. The van der Waals surface area contributed by atoms with Gasteiger partial charge in [0.1, 0.15) is 29.7 Å². The highest BCUT2D eigenvalue weighted by atomic mass is 35.5. The number of benzene rings is 3. The second-order valence-electron chi connectivity index (χ2n) is 8.39. The second-order valence-corrected chi connectivity index (χ2v) is 10.8. The molecule has 1 aromatic heterocycles. The van der Waals surface area contributed by atoms with E-state index >= 15 is 0 Å². The first-order valence-corrected chi connectivity index (χ1v) is 13.7. The Morgan fingerprint density at radius 2 is 1.95 bits per heavy atom. The minimum atomic E-state index is -3.28. The Morgan fingerprint density at radius 1 is 1.11 bits per heavy atom. The van der Waals surface area contributed by atoms with Crippen molar-refractivity contribution in [3.05, 3.63) is 83.6 Å². The van der Waals surface area contributed by atoms with E-state index in [0.29, 0.717) is 35.5 Å². The molecule has 0 aliphatic carbocycles. The lowest BCUT2D eigenvalue weighted by atomic mass is 10.1. The first-order chi connectivity index (χ1) is 17.8. The standard InChI is InChI=1S/C27H23ClN4O4S/c1-37(33,34)32-13-14-35-22(17-32)10-7-19-8-11-25-23(15-19)27(30-18-29-25)31-20-9-12-26(24(28)16-20)36-21-5-3-2-4-6-21/h2-6,8-9,11-12,15-16,18,22H,13-14,17H2,1H3,(H,29,30,31). The van der Waals surface area contributed by atoms with Gasteiger partial charge in [-0.15, -0.1) is 0 Å². The van der Waals surface area contributed by atoms with Crippen molar-refractivity contribution in [2.24, 2.45) is 0 Å². The smallest absolute Gasteiger partial charge is 0.211 e. The van der Waals surface area contributed by atoms with Gasteiger partial charge in [-0.1, -0.05) is 41.6 Å². The van der Waals surface area contributed by atoms with Crippen molar-refractivity contribution in [1.29, 1.82) is 0 Å². The molecule has 0 radical (unpaired) electrons. The quantitative estimate of drug-likeness (QED) is 0.366. The molecule has 0 spiro atoms. The number of para-hydroxylation sites is 1. The van der Waals surface area contributed by atoms with Gasteiger partial charge in [-0.3, -0.25) is 0 Å². The molecular formula is C27H23ClN4O4S. The minimum absolute atomic E-state index is 0.208. The molecule has 1 unspecified atom stereocenters. The maximum Gasteiger partial charge on any atom is 0.211 e. The average Bonchev–Trinajstić information content (AvgIpc) is 2.89. The first kappa shape index (κ1) is 25.0. The van der Waals surface area contributed by atoms with Crippen LogP contribution in [-0.2, 0) is 14.8 Å². The predicted octanol–water partition coefficient (Wildman–Crippen LogP) is 4.83. The number of rotatable bonds is 5. The lowest BCUT2D eigenvalue weighted by molar-refractivity contribution is 0.0325. The van der Waals surface area contributed by atoms with Gasteiger partial charge in [0.2, 0.25) is 10.0 Å². The average molecular weight is 535 g/mol. The summed E-state index contributed by atoms with van der Waals surface area (Å²) in [7, 11) is -3.28. The summed E-state index contributed by atoms with van der Waals surface area (Å²) in [5.74, 6) is 7.97. The molecule has 8 nitrogen and oxygen atoms in total. The van der Waals surface area contributed by atoms with Crippen molar-refractivity contribution in [1.82, 2.24) is 14.3 Å². The third kappa shape index (κ3) is 6.18. The largest absolute Gasteiger partial charge is 0.456 e. The van der Waals surface area contributed by atoms with Crippen LogP contribution in [0.15, 0.2) is 73.1 Å². The van der Waals surface area contributed by atoms with Crippen molar-refractivity contribution in [3.8, 4) is 23.3 Å². The summed E-state index contributed by atoms with van der Waals surface area (Å²) in [5, 5.41) is 4.53. The van der Waals surface area contributed by atoms with E-state index in [9.17, 15) is 8.42 Å². The van der Waals surface area contributed by atoms with Crippen LogP contribution in [-0.4, -0.2) is 54.7 Å². The molecule has 3 aromatic carbocycles. The number of anilines is 2. The topological polar surface area (TPSA) is 93.7 Å². The van der Waals surface area contributed by atoms with Crippen molar-refractivity contribution in [2.75, 3.05) is 31.3 Å². The Labute approximate surface area is 220 Å². The van der Waals surface area contributed by atoms with Crippen LogP contribution >= 0.6 is 11.6 Å². The molecule has 10 heteroatoms. The van der Waals surface area contributed by atoms with Crippen LogP contribution in [0.4, 0.5) is 11.5 Å². The van der Waals surface area contributed by atoms with E-state index in [1.54, 1.807) is 12.1 Å². The lowest BCUT2D eigenvalue weighted by Gasteiger charge is -2.28. The van der Waals surface area contributed by atoms with Gasteiger partial charge < -0.3 is 14.8 Å².